The summed E-state index contributed by atoms with van der Waals surface area (Å²) in [7, 11) is 0. The van der Waals surface area contributed by atoms with Gasteiger partial charge in [0.05, 0.1) is 23.1 Å². The predicted molar refractivity (Wildman–Crippen MR) is 125 cm³/mol. The van der Waals surface area contributed by atoms with Gasteiger partial charge >= 0.3 is 5.97 Å². The maximum Gasteiger partial charge on any atom is 0.310 e. The highest BCUT2D eigenvalue weighted by molar-refractivity contribution is 8.04. The van der Waals surface area contributed by atoms with Crippen molar-refractivity contribution in [2.75, 3.05) is 25.0 Å². The van der Waals surface area contributed by atoms with E-state index < -0.39 is 0 Å². The van der Waals surface area contributed by atoms with Crippen molar-refractivity contribution in [2.45, 2.75) is 31.6 Å². The van der Waals surface area contributed by atoms with Gasteiger partial charge in [-0.15, -0.1) is 0 Å². The van der Waals surface area contributed by atoms with Crippen molar-refractivity contribution < 1.29 is 19.1 Å². The Hall–Kier alpha value is -3.06. The molecule has 0 unspecified atom stereocenters. The molecule has 166 valence electrons. The zero-order valence-electron chi connectivity index (χ0n) is 18.2. The first-order valence-electron chi connectivity index (χ1n) is 10.8. The molecular formula is C25H26N2O4S. The Bertz CT molecular complexity index is 1080. The van der Waals surface area contributed by atoms with E-state index in [1.54, 1.807) is 24.0 Å². The van der Waals surface area contributed by atoms with Gasteiger partial charge in [0.25, 0.3) is 11.8 Å². The topological polar surface area (TPSA) is 75.7 Å². The summed E-state index contributed by atoms with van der Waals surface area (Å²) in [4.78, 5) is 41.0. The molecule has 2 aliphatic heterocycles. The van der Waals surface area contributed by atoms with Crippen molar-refractivity contribution >= 4 is 41.3 Å². The van der Waals surface area contributed by atoms with Crippen LogP contribution in [0.1, 0.15) is 41.3 Å². The van der Waals surface area contributed by atoms with Gasteiger partial charge in [-0.05, 0) is 56.5 Å². The van der Waals surface area contributed by atoms with E-state index >= 15 is 0 Å². The Morgan fingerprint density at radius 1 is 1.22 bits per heavy atom. The molecule has 2 heterocycles. The zero-order valence-corrected chi connectivity index (χ0v) is 19.0. The highest BCUT2D eigenvalue weighted by Gasteiger charge is 2.30. The highest BCUT2D eigenvalue weighted by atomic mass is 32.2. The third kappa shape index (κ3) is 4.88. The molecule has 0 aromatic heterocycles. The SMILES string of the molecule is CCOC(=O)[C@@H]1CCCN(C(=O)c2ccc3c(c2)NC(=O)/C(=C\c2ccc(C)cc2)S3)C1. The van der Waals surface area contributed by atoms with Crippen LogP contribution in [-0.4, -0.2) is 42.4 Å². The lowest BCUT2D eigenvalue weighted by Gasteiger charge is -2.32. The maximum absolute atomic E-state index is 13.1. The van der Waals surface area contributed by atoms with E-state index in [2.05, 4.69) is 5.32 Å². The van der Waals surface area contributed by atoms with Gasteiger partial charge in [-0.2, -0.15) is 0 Å². The Balaban J connectivity index is 1.49. The number of likely N-dealkylation sites (tertiary alicyclic amines) is 1. The van der Waals surface area contributed by atoms with Crippen LogP contribution < -0.4 is 5.32 Å². The van der Waals surface area contributed by atoms with Gasteiger partial charge < -0.3 is 15.0 Å². The lowest BCUT2D eigenvalue weighted by Crippen LogP contribution is -2.42. The normalized spacial score (nSPS) is 19.3. The van der Waals surface area contributed by atoms with Gasteiger partial charge in [-0.1, -0.05) is 41.6 Å². The van der Waals surface area contributed by atoms with Gasteiger partial charge in [0, 0.05) is 23.5 Å². The molecule has 2 amide bonds. The molecule has 2 aromatic carbocycles. The van der Waals surface area contributed by atoms with E-state index in [1.165, 1.54) is 11.8 Å². The van der Waals surface area contributed by atoms with Gasteiger partial charge in [0.1, 0.15) is 0 Å². The quantitative estimate of drug-likeness (QED) is 0.549. The van der Waals surface area contributed by atoms with Crippen LogP contribution in [0.3, 0.4) is 0 Å². The van der Waals surface area contributed by atoms with Crippen LogP contribution in [0, 0.1) is 12.8 Å². The number of ether oxygens (including phenoxy) is 1. The van der Waals surface area contributed by atoms with Gasteiger partial charge in [-0.3, -0.25) is 14.4 Å². The zero-order chi connectivity index (χ0) is 22.7. The average Bonchev–Trinajstić information content (AvgIpc) is 2.80. The molecule has 0 aliphatic carbocycles. The van der Waals surface area contributed by atoms with Crippen molar-refractivity contribution in [1.29, 1.82) is 0 Å². The van der Waals surface area contributed by atoms with E-state index in [-0.39, 0.29) is 23.7 Å². The van der Waals surface area contributed by atoms with Gasteiger partial charge in [-0.25, -0.2) is 0 Å². The fourth-order valence-electron chi connectivity index (χ4n) is 3.90. The number of fused-ring (bicyclic) bond motifs is 1. The molecule has 2 aromatic rings. The smallest absolute Gasteiger partial charge is 0.310 e. The Kier molecular flexibility index (Phi) is 6.65. The van der Waals surface area contributed by atoms with Crippen molar-refractivity contribution in [1.82, 2.24) is 4.90 Å². The molecule has 6 nitrogen and oxygen atoms in total. The monoisotopic (exact) mass is 450 g/mol. The summed E-state index contributed by atoms with van der Waals surface area (Å²) in [5, 5.41) is 2.91. The molecule has 0 spiro atoms. The highest BCUT2D eigenvalue weighted by Crippen LogP contribution is 2.39. The summed E-state index contributed by atoms with van der Waals surface area (Å²) in [6.07, 6.45) is 3.36. The standard InChI is InChI=1S/C25H26N2O4S/c1-3-31-25(30)19-5-4-12-27(15-19)24(29)18-10-11-21-20(14-18)26-23(28)22(32-21)13-17-8-6-16(2)7-9-17/h6-11,13-14,19H,3-5,12,15H2,1-2H3,(H,26,28)/b22-13+/t19-/m1/s1. The number of aryl methyl sites for hydroxylation is 1. The number of nitrogens with one attached hydrogen (secondary N) is 1. The minimum absolute atomic E-state index is 0.137. The fraction of sp³-hybridized carbons (Fsp3) is 0.320. The fourth-order valence-corrected chi connectivity index (χ4v) is 4.84. The van der Waals surface area contributed by atoms with E-state index in [4.69, 9.17) is 4.74 Å². The third-order valence-corrected chi connectivity index (χ3v) is 6.72. The summed E-state index contributed by atoms with van der Waals surface area (Å²) in [5.74, 6) is -0.850. The Morgan fingerprint density at radius 2 is 2.00 bits per heavy atom. The number of carbonyl (C=O) groups is 3. The number of anilines is 1. The van der Waals surface area contributed by atoms with E-state index in [1.807, 2.05) is 43.3 Å². The molecule has 0 radical (unpaired) electrons. The molecule has 1 fully saturated rings. The van der Waals surface area contributed by atoms with Crippen molar-refractivity contribution in [2.24, 2.45) is 5.92 Å². The van der Waals surface area contributed by atoms with Crippen molar-refractivity contribution in [3.05, 3.63) is 64.1 Å². The van der Waals surface area contributed by atoms with E-state index in [0.29, 0.717) is 35.9 Å². The van der Waals surface area contributed by atoms with Gasteiger partial charge in [0.15, 0.2) is 0 Å². The van der Waals surface area contributed by atoms with Crippen LogP contribution in [-0.2, 0) is 14.3 Å². The molecule has 1 atom stereocenters. The Morgan fingerprint density at radius 3 is 2.75 bits per heavy atom. The molecule has 0 saturated carbocycles. The molecule has 7 heteroatoms. The molecule has 0 bridgehead atoms. The lowest BCUT2D eigenvalue weighted by atomic mass is 9.97. The molecule has 32 heavy (non-hydrogen) atoms. The van der Waals surface area contributed by atoms with Crippen molar-refractivity contribution in [3.63, 3.8) is 0 Å². The average molecular weight is 451 g/mol. The van der Waals surface area contributed by atoms with E-state index in [9.17, 15) is 14.4 Å². The first kappa shape index (κ1) is 22.1. The first-order chi connectivity index (χ1) is 15.4. The number of piperidine rings is 1. The number of amides is 2. The lowest BCUT2D eigenvalue weighted by molar-refractivity contribution is -0.149. The number of carbonyl (C=O) groups excluding carboxylic acids is 3. The van der Waals surface area contributed by atoms with Crippen LogP contribution in [0.15, 0.2) is 52.3 Å². The molecule has 2 aliphatic rings. The van der Waals surface area contributed by atoms with E-state index in [0.717, 1.165) is 28.9 Å². The Labute approximate surface area is 192 Å². The minimum Gasteiger partial charge on any atom is -0.466 e. The first-order valence-corrected chi connectivity index (χ1v) is 11.6. The number of thioether (sulfide) groups is 1. The second-order valence-electron chi connectivity index (χ2n) is 8.03. The summed E-state index contributed by atoms with van der Waals surface area (Å²) in [6.45, 7) is 5.11. The summed E-state index contributed by atoms with van der Waals surface area (Å²) in [6, 6.07) is 13.4. The summed E-state index contributed by atoms with van der Waals surface area (Å²) in [5.41, 5.74) is 3.26. The third-order valence-electron chi connectivity index (χ3n) is 5.62. The molecular weight excluding hydrogens is 424 g/mol. The largest absolute Gasteiger partial charge is 0.466 e. The second-order valence-corrected chi connectivity index (χ2v) is 9.11. The van der Waals surface area contributed by atoms with Crippen LogP contribution in [0.5, 0.6) is 0 Å². The maximum atomic E-state index is 13.1. The predicted octanol–water partition coefficient (Wildman–Crippen LogP) is 4.50. The van der Waals surface area contributed by atoms with Gasteiger partial charge in [0.2, 0.25) is 0 Å². The van der Waals surface area contributed by atoms with Crippen molar-refractivity contribution in [3.8, 4) is 0 Å². The second kappa shape index (κ2) is 9.61. The number of nitrogens with zero attached hydrogens (tertiary/aromatic N) is 1. The number of benzene rings is 2. The number of hydrogen-bond acceptors (Lipinski definition) is 5. The minimum atomic E-state index is -0.282. The number of esters is 1. The van der Waals surface area contributed by atoms with Crippen LogP contribution in [0.25, 0.3) is 6.08 Å². The summed E-state index contributed by atoms with van der Waals surface area (Å²) < 4.78 is 5.13. The van der Waals surface area contributed by atoms with Crippen LogP contribution in [0.4, 0.5) is 5.69 Å². The molecule has 1 saturated heterocycles. The van der Waals surface area contributed by atoms with Crippen LogP contribution in [0.2, 0.25) is 0 Å². The molecule has 4 rings (SSSR count). The van der Waals surface area contributed by atoms with Crippen LogP contribution >= 0.6 is 11.8 Å². The summed E-state index contributed by atoms with van der Waals surface area (Å²) >= 11 is 1.39. The number of rotatable bonds is 4. The molecule has 1 N–H and O–H groups in total. The number of hydrogen-bond donors (Lipinski definition) is 1.